The molecule has 0 aromatic heterocycles. The van der Waals surface area contributed by atoms with Crippen LogP contribution < -0.4 is 0 Å². The Morgan fingerprint density at radius 3 is 1.80 bits per heavy atom. The largest absolute Gasteiger partial charge is 0.382 e. The van der Waals surface area contributed by atoms with E-state index >= 15 is 0 Å². The molecule has 4 N–H and O–H groups in total. The molecule has 2 unspecified atom stereocenters. The highest BCUT2D eigenvalue weighted by Crippen LogP contribution is 2.40. The number of hydrogen-bond donors (Lipinski definition) is 4. The first-order chi connectivity index (χ1) is 4.39. The standard InChI is InChI=1S/C3H7O6P/c4-1-2(5)3(6)10(7,8)9/h1-3,5-6H,(H2,7,8,9). The second kappa shape index (κ2) is 3.23. The lowest BCUT2D eigenvalue weighted by Crippen LogP contribution is -2.26. The SMILES string of the molecule is O=CC(O)C(O)P(=O)(O)O. The van der Waals surface area contributed by atoms with Gasteiger partial charge in [-0.2, -0.15) is 0 Å². The molecule has 0 amide bonds. The van der Waals surface area contributed by atoms with Gasteiger partial charge in [0.05, 0.1) is 0 Å². The molecule has 0 aromatic carbocycles. The minimum Gasteiger partial charge on any atom is -0.382 e. The average Bonchev–Trinajstić information content (AvgIpc) is 1.83. The Morgan fingerprint density at radius 2 is 1.70 bits per heavy atom. The van der Waals surface area contributed by atoms with E-state index in [1.54, 1.807) is 0 Å². The molecule has 0 radical (unpaired) electrons. The number of rotatable bonds is 3. The Bertz CT molecular complexity index is 160. The van der Waals surface area contributed by atoms with Crippen molar-refractivity contribution in [3.8, 4) is 0 Å². The van der Waals surface area contributed by atoms with E-state index in [1.807, 2.05) is 0 Å². The third kappa shape index (κ3) is 2.55. The Balaban J connectivity index is 4.21. The van der Waals surface area contributed by atoms with Crippen LogP contribution in [0.25, 0.3) is 0 Å². The smallest absolute Gasteiger partial charge is 0.356 e. The van der Waals surface area contributed by atoms with E-state index in [-0.39, 0.29) is 6.29 Å². The summed E-state index contributed by atoms with van der Waals surface area (Å²) in [7, 11) is -4.76. The molecule has 10 heavy (non-hydrogen) atoms. The van der Waals surface area contributed by atoms with E-state index in [0.717, 1.165) is 0 Å². The summed E-state index contributed by atoms with van der Waals surface area (Å²) in [6, 6.07) is 0. The Labute approximate surface area is 56.3 Å². The molecule has 0 aliphatic heterocycles. The number of carbonyl (C=O) groups excluding carboxylic acids is 1. The molecule has 2 atom stereocenters. The first-order valence-corrected chi connectivity index (χ1v) is 3.94. The summed E-state index contributed by atoms with van der Waals surface area (Å²) in [4.78, 5) is 25.9. The molecular weight excluding hydrogens is 163 g/mol. The van der Waals surface area contributed by atoms with Crippen LogP contribution in [-0.2, 0) is 9.36 Å². The van der Waals surface area contributed by atoms with Crippen LogP contribution in [0.1, 0.15) is 0 Å². The van der Waals surface area contributed by atoms with Crippen LogP contribution in [-0.4, -0.2) is 38.2 Å². The minimum absolute atomic E-state index is 0.149. The molecule has 0 fully saturated rings. The maximum absolute atomic E-state index is 10.1. The van der Waals surface area contributed by atoms with Gasteiger partial charge in [0.15, 0.2) is 12.1 Å². The van der Waals surface area contributed by atoms with Crippen LogP contribution >= 0.6 is 7.60 Å². The van der Waals surface area contributed by atoms with Crippen molar-refractivity contribution in [1.29, 1.82) is 0 Å². The molecule has 0 aromatic rings. The lowest BCUT2D eigenvalue weighted by atomic mass is 10.4. The van der Waals surface area contributed by atoms with Gasteiger partial charge in [0.1, 0.15) is 6.10 Å². The molecule has 0 rings (SSSR count). The third-order valence-corrected chi connectivity index (χ3v) is 1.78. The summed E-state index contributed by atoms with van der Waals surface area (Å²) >= 11 is 0. The van der Waals surface area contributed by atoms with Gasteiger partial charge < -0.3 is 24.8 Å². The van der Waals surface area contributed by atoms with Crippen LogP contribution in [0.3, 0.4) is 0 Å². The van der Waals surface area contributed by atoms with Gasteiger partial charge in [-0.3, -0.25) is 4.57 Å². The van der Waals surface area contributed by atoms with Gasteiger partial charge in [-0.05, 0) is 0 Å². The van der Waals surface area contributed by atoms with Crippen molar-refractivity contribution >= 4 is 13.9 Å². The molecule has 60 valence electrons. The first-order valence-electron chi connectivity index (χ1n) is 2.26. The quantitative estimate of drug-likeness (QED) is 0.289. The van der Waals surface area contributed by atoms with E-state index in [9.17, 15) is 9.36 Å². The zero-order valence-electron chi connectivity index (χ0n) is 4.78. The van der Waals surface area contributed by atoms with Crippen molar-refractivity contribution in [2.75, 3.05) is 0 Å². The average molecular weight is 170 g/mol. The van der Waals surface area contributed by atoms with Gasteiger partial charge in [-0.25, -0.2) is 0 Å². The molecule has 0 aliphatic carbocycles. The molecule has 0 saturated heterocycles. The summed E-state index contributed by atoms with van der Waals surface area (Å²) < 4.78 is 10.1. The molecule has 0 heterocycles. The fourth-order valence-corrected chi connectivity index (χ4v) is 0.737. The lowest BCUT2D eigenvalue weighted by molar-refractivity contribution is -0.118. The van der Waals surface area contributed by atoms with Crippen molar-refractivity contribution in [3.63, 3.8) is 0 Å². The molecular formula is C3H7O6P. The highest BCUT2D eigenvalue weighted by molar-refractivity contribution is 7.52. The summed E-state index contributed by atoms with van der Waals surface area (Å²) in [5.74, 6) is -2.31. The normalized spacial score (nSPS) is 18.0. The predicted octanol–water partition coefficient (Wildman–Crippen LogP) is -1.96. The third-order valence-electron chi connectivity index (χ3n) is 0.790. The second-order valence-electron chi connectivity index (χ2n) is 1.63. The zero-order chi connectivity index (χ0) is 8.36. The Kier molecular flexibility index (Phi) is 3.14. The molecule has 6 nitrogen and oxygen atoms in total. The van der Waals surface area contributed by atoms with E-state index in [1.165, 1.54) is 0 Å². The van der Waals surface area contributed by atoms with Crippen molar-refractivity contribution < 1.29 is 29.4 Å². The summed E-state index contributed by atoms with van der Waals surface area (Å²) in [5.41, 5.74) is 0. The van der Waals surface area contributed by atoms with Crippen LogP contribution in [0.2, 0.25) is 0 Å². The van der Waals surface area contributed by atoms with Crippen molar-refractivity contribution in [2.45, 2.75) is 11.9 Å². The number of aldehydes is 1. The molecule has 0 bridgehead atoms. The fraction of sp³-hybridized carbons (Fsp3) is 0.667. The van der Waals surface area contributed by atoms with Gasteiger partial charge >= 0.3 is 7.60 Å². The van der Waals surface area contributed by atoms with Crippen LogP contribution in [0.15, 0.2) is 0 Å². The van der Waals surface area contributed by atoms with Crippen LogP contribution in [0.5, 0.6) is 0 Å². The van der Waals surface area contributed by atoms with Gasteiger partial charge in [0.2, 0.25) is 0 Å². The van der Waals surface area contributed by atoms with Crippen molar-refractivity contribution in [2.24, 2.45) is 0 Å². The minimum atomic E-state index is -4.76. The second-order valence-corrected chi connectivity index (χ2v) is 3.34. The topological polar surface area (TPSA) is 115 Å². The highest BCUT2D eigenvalue weighted by Gasteiger charge is 2.32. The van der Waals surface area contributed by atoms with Crippen LogP contribution in [0, 0.1) is 0 Å². The molecule has 7 heteroatoms. The number of aliphatic hydroxyl groups is 2. The fourth-order valence-electron chi connectivity index (χ4n) is 0.269. The predicted molar refractivity (Wildman–Crippen MR) is 30.1 cm³/mol. The van der Waals surface area contributed by atoms with E-state index in [4.69, 9.17) is 20.0 Å². The lowest BCUT2D eigenvalue weighted by Gasteiger charge is -2.12. The van der Waals surface area contributed by atoms with Crippen molar-refractivity contribution in [3.05, 3.63) is 0 Å². The highest BCUT2D eigenvalue weighted by atomic mass is 31.2. The zero-order valence-corrected chi connectivity index (χ0v) is 5.68. The van der Waals surface area contributed by atoms with Crippen molar-refractivity contribution in [1.82, 2.24) is 0 Å². The van der Waals surface area contributed by atoms with Gasteiger partial charge in [0.25, 0.3) is 0 Å². The maximum atomic E-state index is 10.1. The van der Waals surface area contributed by atoms with E-state index in [0.29, 0.717) is 0 Å². The monoisotopic (exact) mass is 170 g/mol. The van der Waals surface area contributed by atoms with Crippen LogP contribution in [0.4, 0.5) is 0 Å². The summed E-state index contributed by atoms with van der Waals surface area (Å²) in [6.07, 6.45) is -2.18. The Morgan fingerprint density at radius 1 is 1.30 bits per heavy atom. The van der Waals surface area contributed by atoms with E-state index in [2.05, 4.69) is 0 Å². The summed E-state index contributed by atoms with van der Waals surface area (Å²) in [5, 5.41) is 16.8. The van der Waals surface area contributed by atoms with Gasteiger partial charge in [-0.1, -0.05) is 0 Å². The number of carbonyl (C=O) groups is 1. The van der Waals surface area contributed by atoms with Gasteiger partial charge in [-0.15, -0.1) is 0 Å². The number of aliphatic hydroxyl groups excluding tert-OH is 2. The molecule has 0 aliphatic rings. The van der Waals surface area contributed by atoms with Gasteiger partial charge in [0, 0.05) is 0 Å². The Hall–Kier alpha value is -0.260. The maximum Gasteiger partial charge on any atom is 0.356 e. The molecule has 0 saturated carbocycles. The summed E-state index contributed by atoms with van der Waals surface area (Å²) in [6.45, 7) is 0. The number of hydrogen-bond acceptors (Lipinski definition) is 4. The van der Waals surface area contributed by atoms with E-state index < -0.39 is 19.5 Å². The molecule has 0 spiro atoms. The first kappa shape index (κ1) is 9.74.